The van der Waals surface area contributed by atoms with E-state index < -0.39 is 6.36 Å². The van der Waals surface area contributed by atoms with Crippen LogP contribution in [0.4, 0.5) is 13.2 Å². The predicted octanol–water partition coefficient (Wildman–Crippen LogP) is 3.42. The molecule has 7 heteroatoms. The molecule has 110 valence electrons. The molecule has 1 aromatic carbocycles. The van der Waals surface area contributed by atoms with Crippen LogP contribution < -0.4 is 15.2 Å². The van der Waals surface area contributed by atoms with Crippen LogP contribution in [0.2, 0.25) is 0 Å². The Labute approximate surface area is 119 Å². The maximum absolute atomic E-state index is 12.3. The Bertz CT molecular complexity index is 501. The topological polar surface area (TPSA) is 44.5 Å². The predicted molar refractivity (Wildman–Crippen MR) is 71.7 cm³/mol. The van der Waals surface area contributed by atoms with Gasteiger partial charge in [-0.2, -0.15) is 0 Å². The van der Waals surface area contributed by atoms with Gasteiger partial charge in [0.25, 0.3) is 0 Å². The second-order valence-electron chi connectivity index (χ2n) is 4.93. The average Bonchev–Trinajstić information content (AvgIpc) is 3.05. The lowest BCUT2D eigenvalue weighted by Gasteiger charge is -2.18. The molecule has 0 spiro atoms. The van der Waals surface area contributed by atoms with Crippen LogP contribution in [0.3, 0.4) is 0 Å². The molecule has 0 saturated heterocycles. The standard InChI is InChI=1S/C13H14F3NO2S/c14-13(15,16)19-10-4-2-1-3-9(10)18-8-12(5-6-12)7-11(17)20/h1-4H,5-8H2,(H2,17,20). The largest absolute Gasteiger partial charge is 0.573 e. The summed E-state index contributed by atoms with van der Waals surface area (Å²) in [5, 5.41) is 0. The van der Waals surface area contributed by atoms with E-state index in [0.717, 1.165) is 12.8 Å². The number of ether oxygens (including phenoxy) is 2. The summed E-state index contributed by atoms with van der Waals surface area (Å²) in [7, 11) is 0. The second kappa shape index (κ2) is 5.47. The van der Waals surface area contributed by atoms with Crippen LogP contribution in [0, 0.1) is 5.41 Å². The minimum atomic E-state index is -4.74. The minimum Gasteiger partial charge on any atom is -0.489 e. The molecule has 1 aliphatic carbocycles. The summed E-state index contributed by atoms with van der Waals surface area (Å²) in [6.45, 7) is 0.280. The smallest absolute Gasteiger partial charge is 0.489 e. The monoisotopic (exact) mass is 305 g/mol. The normalized spacial score (nSPS) is 16.6. The highest BCUT2D eigenvalue weighted by atomic mass is 32.1. The molecule has 2 N–H and O–H groups in total. The third kappa shape index (κ3) is 4.26. The van der Waals surface area contributed by atoms with E-state index in [9.17, 15) is 13.2 Å². The number of alkyl halides is 3. The van der Waals surface area contributed by atoms with Crippen LogP contribution in [-0.4, -0.2) is 18.0 Å². The molecule has 0 atom stereocenters. The molecule has 0 aromatic heterocycles. The number of nitrogens with two attached hydrogens (primary N) is 1. The van der Waals surface area contributed by atoms with E-state index >= 15 is 0 Å². The summed E-state index contributed by atoms with van der Waals surface area (Å²) in [5.74, 6) is -0.273. The van der Waals surface area contributed by atoms with Gasteiger partial charge in [0.05, 0.1) is 11.6 Å². The zero-order valence-corrected chi connectivity index (χ0v) is 11.4. The van der Waals surface area contributed by atoms with Crippen LogP contribution in [0.25, 0.3) is 0 Å². The molecule has 0 bridgehead atoms. The van der Waals surface area contributed by atoms with Gasteiger partial charge in [-0.05, 0) is 25.0 Å². The quantitative estimate of drug-likeness (QED) is 0.818. The average molecular weight is 305 g/mol. The van der Waals surface area contributed by atoms with Gasteiger partial charge in [-0.25, -0.2) is 0 Å². The highest BCUT2D eigenvalue weighted by Gasteiger charge is 2.44. The van der Waals surface area contributed by atoms with Gasteiger partial charge in [0, 0.05) is 11.8 Å². The molecule has 1 saturated carbocycles. The summed E-state index contributed by atoms with van der Waals surface area (Å²) in [5.41, 5.74) is 5.38. The van der Waals surface area contributed by atoms with E-state index in [0.29, 0.717) is 11.4 Å². The Morgan fingerprint density at radius 1 is 1.25 bits per heavy atom. The highest BCUT2D eigenvalue weighted by Crippen LogP contribution is 2.49. The molecule has 2 rings (SSSR count). The summed E-state index contributed by atoms with van der Waals surface area (Å²) in [6, 6.07) is 5.70. The lowest BCUT2D eigenvalue weighted by Crippen LogP contribution is -2.22. The van der Waals surface area contributed by atoms with E-state index in [-0.39, 0.29) is 23.5 Å². The van der Waals surface area contributed by atoms with E-state index in [1.807, 2.05) is 0 Å². The number of benzene rings is 1. The van der Waals surface area contributed by atoms with E-state index in [1.54, 1.807) is 6.07 Å². The highest BCUT2D eigenvalue weighted by molar-refractivity contribution is 7.80. The van der Waals surface area contributed by atoms with Gasteiger partial charge in [-0.3, -0.25) is 0 Å². The van der Waals surface area contributed by atoms with Crippen molar-refractivity contribution >= 4 is 17.2 Å². The molecule has 1 fully saturated rings. The van der Waals surface area contributed by atoms with Crippen molar-refractivity contribution in [3.05, 3.63) is 24.3 Å². The molecular weight excluding hydrogens is 291 g/mol. The van der Waals surface area contributed by atoms with E-state index in [1.165, 1.54) is 18.2 Å². The Morgan fingerprint density at radius 3 is 2.35 bits per heavy atom. The van der Waals surface area contributed by atoms with Crippen molar-refractivity contribution in [1.82, 2.24) is 0 Å². The number of halogens is 3. The lowest BCUT2D eigenvalue weighted by atomic mass is 10.0. The fourth-order valence-electron chi connectivity index (χ4n) is 1.93. The van der Waals surface area contributed by atoms with Crippen LogP contribution >= 0.6 is 12.2 Å². The van der Waals surface area contributed by atoms with E-state index in [4.69, 9.17) is 22.7 Å². The molecule has 0 amide bonds. The van der Waals surface area contributed by atoms with Crippen molar-refractivity contribution in [2.75, 3.05) is 6.61 Å². The Morgan fingerprint density at radius 2 is 1.85 bits per heavy atom. The van der Waals surface area contributed by atoms with Crippen molar-refractivity contribution in [2.45, 2.75) is 25.6 Å². The maximum Gasteiger partial charge on any atom is 0.573 e. The molecule has 1 aromatic rings. The minimum absolute atomic E-state index is 0.0686. The Hall–Kier alpha value is -1.50. The summed E-state index contributed by atoms with van der Waals surface area (Å²) < 4.78 is 46.2. The van der Waals surface area contributed by atoms with Crippen molar-refractivity contribution in [2.24, 2.45) is 11.1 Å². The lowest BCUT2D eigenvalue weighted by molar-refractivity contribution is -0.275. The Balaban J connectivity index is 2.01. The van der Waals surface area contributed by atoms with Gasteiger partial charge in [0.2, 0.25) is 0 Å². The van der Waals surface area contributed by atoms with Gasteiger partial charge in [-0.15, -0.1) is 13.2 Å². The van der Waals surface area contributed by atoms with Crippen LogP contribution in [0.15, 0.2) is 24.3 Å². The first-order chi connectivity index (χ1) is 9.30. The SMILES string of the molecule is NC(=S)CC1(COc2ccccc2OC(F)(F)F)CC1. The summed E-state index contributed by atoms with van der Waals surface area (Å²) in [6.07, 6.45) is -2.38. The van der Waals surface area contributed by atoms with Crippen LogP contribution in [0.1, 0.15) is 19.3 Å². The molecular formula is C13H14F3NO2S. The first-order valence-electron chi connectivity index (χ1n) is 6.06. The van der Waals surface area contributed by atoms with Crippen molar-refractivity contribution in [3.63, 3.8) is 0 Å². The fourth-order valence-corrected chi connectivity index (χ4v) is 2.23. The number of hydrogen-bond donors (Lipinski definition) is 1. The number of hydrogen-bond acceptors (Lipinski definition) is 3. The molecule has 0 heterocycles. The summed E-state index contributed by atoms with van der Waals surface area (Å²) in [4.78, 5) is 0.394. The molecule has 20 heavy (non-hydrogen) atoms. The van der Waals surface area contributed by atoms with Gasteiger partial charge >= 0.3 is 6.36 Å². The van der Waals surface area contributed by atoms with Gasteiger partial charge in [-0.1, -0.05) is 24.4 Å². The van der Waals surface area contributed by atoms with Gasteiger partial charge < -0.3 is 15.2 Å². The van der Waals surface area contributed by atoms with Crippen LogP contribution in [-0.2, 0) is 0 Å². The number of para-hydroxylation sites is 2. The Kier molecular flexibility index (Phi) is 4.08. The third-order valence-electron chi connectivity index (χ3n) is 3.12. The van der Waals surface area contributed by atoms with Gasteiger partial charge in [0.15, 0.2) is 11.5 Å². The van der Waals surface area contributed by atoms with Crippen molar-refractivity contribution in [3.8, 4) is 11.5 Å². The van der Waals surface area contributed by atoms with Crippen LogP contribution in [0.5, 0.6) is 11.5 Å². The number of rotatable bonds is 6. The molecule has 1 aliphatic rings. The molecule has 0 unspecified atom stereocenters. The number of thiocarbonyl (C=S) groups is 1. The molecule has 0 aliphatic heterocycles. The third-order valence-corrected chi connectivity index (χ3v) is 3.26. The van der Waals surface area contributed by atoms with E-state index in [2.05, 4.69) is 4.74 Å². The first kappa shape index (κ1) is 14.9. The first-order valence-corrected chi connectivity index (χ1v) is 6.46. The van der Waals surface area contributed by atoms with Crippen molar-refractivity contribution < 1.29 is 22.6 Å². The fraction of sp³-hybridized carbons (Fsp3) is 0.462. The maximum atomic E-state index is 12.3. The molecule has 3 nitrogen and oxygen atoms in total. The zero-order valence-electron chi connectivity index (χ0n) is 10.6. The zero-order chi connectivity index (χ0) is 14.8. The molecule has 0 radical (unpaired) electrons. The second-order valence-corrected chi connectivity index (χ2v) is 5.45. The van der Waals surface area contributed by atoms with Crippen molar-refractivity contribution in [1.29, 1.82) is 0 Å². The van der Waals surface area contributed by atoms with Gasteiger partial charge in [0.1, 0.15) is 0 Å². The summed E-state index contributed by atoms with van der Waals surface area (Å²) >= 11 is 4.86.